The van der Waals surface area contributed by atoms with Crippen molar-refractivity contribution in [3.05, 3.63) is 29.8 Å². The minimum Gasteiger partial charge on any atom is -0.469 e. The van der Waals surface area contributed by atoms with Gasteiger partial charge < -0.3 is 10.1 Å². The van der Waals surface area contributed by atoms with Crippen molar-refractivity contribution in [2.45, 2.75) is 63.5 Å². The Labute approximate surface area is 143 Å². The molecule has 1 aromatic carbocycles. The molecule has 1 N–H and O–H groups in total. The van der Waals surface area contributed by atoms with Crippen molar-refractivity contribution in [2.24, 2.45) is 0 Å². The maximum absolute atomic E-state index is 12.9. The minimum absolute atomic E-state index is 0.0485. The van der Waals surface area contributed by atoms with E-state index >= 15 is 0 Å². The number of benzene rings is 1. The number of hydrogen-bond donors (Lipinski definition) is 1. The summed E-state index contributed by atoms with van der Waals surface area (Å²) in [7, 11) is 1.41. The predicted molar refractivity (Wildman–Crippen MR) is 93.2 cm³/mol. The second kappa shape index (κ2) is 7.24. The summed E-state index contributed by atoms with van der Waals surface area (Å²) in [5, 5.41) is 3.19. The summed E-state index contributed by atoms with van der Waals surface area (Å²) < 4.78 is 4.95. The lowest BCUT2D eigenvalue weighted by atomic mass is 9.86. The number of urea groups is 1. The van der Waals surface area contributed by atoms with Gasteiger partial charge in [0.1, 0.15) is 0 Å². The van der Waals surface area contributed by atoms with Crippen LogP contribution in [0.1, 0.15) is 56.9 Å². The summed E-state index contributed by atoms with van der Waals surface area (Å²) >= 11 is 0. The van der Waals surface area contributed by atoms with Gasteiger partial charge in [0.05, 0.1) is 13.0 Å². The SMILES string of the molecule is COC(=O)C1CC(C)N(C(=O)NC2CCCCC2)c2ccccc21. The molecule has 1 fully saturated rings. The van der Waals surface area contributed by atoms with E-state index in [0.29, 0.717) is 6.42 Å². The third kappa shape index (κ3) is 3.25. The highest BCUT2D eigenvalue weighted by atomic mass is 16.5. The van der Waals surface area contributed by atoms with Crippen molar-refractivity contribution in [3.8, 4) is 0 Å². The van der Waals surface area contributed by atoms with E-state index in [1.165, 1.54) is 26.4 Å². The highest BCUT2D eigenvalue weighted by Gasteiger charge is 2.37. The molecule has 2 unspecified atom stereocenters. The lowest BCUT2D eigenvalue weighted by Gasteiger charge is -2.39. The molecule has 0 aromatic heterocycles. The average molecular weight is 330 g/mol. The third-order valence-corrected chi connectivity index (χ3v) is 5.23. The molecule has 1 heterocycles. The number of nitrogens with one attached hydrogen (secondary N) is 1. The monoisotopic (exact) mass is 330 g/mol. The zero-order valence-electron chi connectivity index (χ0n) is 14.5. The number of hydrogen-bond acceptors (Lipinski definition) is 3. The van der Waals surface area contributed by atoms with Gasteiger partial charge in [0.2, 0.25) is 0 Å². The van der Waals surface area contributed by atoms with Crippen molar-refractivity contribution < 1.29 is 14.3 Å². The van der Waals surface area contributed by atoms with Crippen LogP contribution in [-0.2, 0) is 9.53 Å². The van der Waals surface area contributed by atoms with Crippen molar-refractivity contribution in [1.29, 1.82) is 0 Å². The molecule has 2 aliphatic rings. The van der Waals surface area contributed by atoms with Gasteiger partial charge in [-0.3, -0.25) is 9.69 Å². The van der Waals surface area contributed by atoms with Crippen LogP contribution in [0.15, 0.2) is 24.3 Å². The Morgan fingerprint density at radius 1 is 1.17 bits per heavy atom. The van der Waals surface area contributed by atoms with Crippen LogP contribution in [0.4, 0.5) is 10.5 Å². The standard InChI is InChI=1S/C19H26N2O3/c1-13-12-16(18(22)24-2)15-10-6-7-11-17(15)21(13)19(23)20-14-8-4-3-5-9-14/h6-7,10-11,13-14,16H,3-5,8-9,12H2,1-2H3,(H,20,23). The number of fused-ring (bicyclic) bond motifs is 1. The van der Waals surface area contributed by atoms with E-state index in [-0.39, 0.29) is 30.0 Å². The number of anilines is 1. The predicted octanol–water partition coefficient (Wildman–Crippen LogP) is 3.58. The van der Waals surface area contributed by atoms with Gasteiger partial charge >= 0.3 is 12.0 Å². The second-order valence-corrected chi connectivity index (χ2v) is 6.87. The van der Waals surface area contributed by atoms with Gasteiger partial charge in [0.15, 0.2) is 0 Å². The van der Waals surface area contributed by atoms with Gasteiger partial charge in [0, 0.05) is 17.8 Å². The number of amides is 2. The van der Waals surface area contributed by atoms with E-state index in [2.05, 4.69) is 5.32 Å². The van der Waals surface area contributed by atoms with Crippen molar-refractivity contribution in [2.75, 3.05) is 12.0 Å². The van der Waals surface area contributed by atoms with Crippen LogP contribution < -0.4 is 10.2 Å². The maximum atomic E-state index is 12.9. The Bertz CT molecular complexity index is 610. The van der Waals surface area contributed by atoms with E-state index in [1.54, 1.807) is 0 Å². The number of ether oxygens (including phenoxy) is 1. The Morgan fingerprint density at radius 3 is 2.58 bits per heavy atom. The van der Waals surface area contributed by atoms with E-state index in [4.69, 9.17) is 4.74 Å². The van der Waals surface area contributed by atoms with Crippen LogP contribution in [0.5, 0.6) is 0 Å². The highest BCUT2D eigenvalue weighted by molar-refractivity contribution is 5.96. The molecule has 5 heteroatoms. The van der Waals surface area contributed by atoms with Crippen molar-refractivity contribution in [1.82, 2.24) is 5.32 Å². The zero-order chi connectivity index (χ0) is 17.1. The quantitative estimate of drug-likeness (QED) is 0.843. The van der Waals surface area contributed by atoms with Gasteiger partial charge in [-0.1, -0.05) is 37.5 Å². The van der Waals surface area contributed by atoms with Crippen LogP contribution in [-0.4, -0.2) is 31.2 Å². The van der Waals surface area contributed by atoms with E-state index in [0.717, 1.165) is 24.1 Å². The van der Waals surface area contributed by atoms with Crippen LogP contribution in [0, 0.1) is 0 Å². The summed E-state index contributed by atoms with van der Waals surface area (Å²) in [4.78, 5) is 26.8. The fourth-order valence-electron chi connectivity index (χ4n) is 3.98. The topological polar surface area (TPSA) is 58.6 Å². The van der Waals surface area contributed by atoms with Gasteiger partial charge in [-0.15, -0.1) is 0 Å². The molecule has 1 aromatic rings. The number of nitrogens with zero attached hydrogens (tertiary/aromatic N) is 1. The first-order valence-electron chi connectivity index (χ1n) is 8.88. The molecule has 0 bridgehead atoms. The molecule has 2 atom stereocenters. The Hall–Kier alpha value is -2.04. The van der Waals surface area contributed by atoms with Crippen LogP contribution in [0.3, 0.4) is 0 Å². The van der Waals surface area contributed by atoms with E-state index < -0.39 is 0 Å². The molecule has 1 saturated carbocycles. The number of methoxy groups -OCH3 is 1. The molecule has 3 rings (SSSR count). The summed E-state index contributed by atoms with van der Waals surface area (Å²) in [5.74, 6) is -0.540. The molecule has 1 aliphatic carbocycles. The summed E-state index contributed by atoms with van der Waals surface area (Å²) in [5.41, 5.74) is 1.70. The van der Waals surface area contributed by atoms with Crippen LogP contribution in [0.25, 0.3) is 0 Å². The molecule has 2 amide bonds. The number of esters is 1. The van der Waals surface area contributed by atoms with Gasteiger partial charge in [-0.25, -0.2) is 4.79 Å². The normalized spacial score (nSPS) is 24.2. The van der Waals surface area contributed by atoms with Gasteiger partial charge in [-0.05, 0) is 37.8 Å². The molecule has 5 nitrogen and oxygen atoms in total. The number of rotatable bonds is 2. The largest absolute Gasteiger partial charge is 0.469 e. The van der Waals surface area contributed by atoms with Crippen LogP contribution >= 0.6 is 0 Å². The molecule has 0 saturated heterocycles. The summed E-state index contributed by atoms with van der Waals surface area (Å²) in [6.45, 7) is 1.99. The smallest absolute Gasteiger partial charge is 0.322 e. The lowest BCUT2D eigenvalue weighted by molar-refractivity contribution is -0.142. The number of carbonyl (C=O) groups is 2. The average Bonchev–Trinajstić information content (AvgIpc) is 2.61. The Morgan fingerprint density at radius 2 is 1.88 bits per heavy atom. The first kappa shape index (κ1) is 16.8. The Kier molecular flexibility index (Phi) is 5.07. The summed E-state index contributed by atoms with van der Waals surface area (Å²) in [6, 6.07) is 7.82. The molecular formula is C19H26N2O3. The molecule has 0 radical (unpaired) electrons. The number of carbonyl (C=O) groups excluding carboxylic acids is 2. The fourth-order valence-corrected chi connectivity index (χ4v) is 3.98. The molecule has 130 valence electrons. The first-order chi connectivity index (χ1) is 11.6. The zero-order valence-corrected chi connectivity index (χ0v) is 14.5. The maximum Gasteiger partial charge on any atom is 0.322 e. The molecule has 1 aliphatic heterocycles. The van der Waals surface area contributed by atoms with E-state index in [9.17, 15) is 9.59 Å². The molecular weight excluding hydrogens is 304 g/mol. The fraction of sp³-hybridized carbons (Fsp3) is 0.579. The lowest BCUT2D eigenvalue weighted by Crippen LogP contribution is -2.52. The van der Waals surface area contributed by atoms with Gasteiger partial charge in [-0.2, -0.15) is 0 Å². The Balaban J connectivity index is 1.84. The van der Waals surface area contributed by atoms with Crippen LogP contribution in [0.2, 0.25) is 0 Å². The second-order valence-electron chi connectivity index (χ2n) is 6.87. The number of para-hydroxylation sites is 1. The highest BCUT2D eigenvalue weighted by Crippen LogP contribution is 2.39. The summed E-state index contributed by atoms with van der Waals surface area (Å²) in [6.07, 6.45) is 6.32. The minimum atomic E-state index is -0.306. The van der Waals surface area contributed by atoms with Gasteiger partial charge in [0.25, 0.3) is 0 Å². The van der Waals surface area contributed by atoms with E-state index in [1.807, 2.05) is 36.1 Å². The van der Waals surface area contributed by atoms with Crippen molar-refractivity contribution >= 4 is 17.7 Å². The van der Waals surface area contributed by atoms with Crippen molar-refractivity contribution in [3.63, 3.8) is 0 Å². The first-order valence-corrected chi connectivity index (χ1v) is 8.88. The third-order valence-electron chi connectivity index (χ3n) is 5.23. The molecule has 24 heavy (non-hydrogen) atoms. The molecule has 0 spiro atoms.